The van der Waals surface area contributed by atoms with Gasteiger partial charge in [-0.15, -0.1) is 18.2 Å². The Morgan fingerprint density at radius 1 is 2.00 bits per heavy atom. The summed E-state index contributed by atoms with van der Waals surface area (Å²) in [6.07, 6.45) is 7.23. The fourth-order valence-corrected chi connectivity index (χ4v) is 1.48. The molecule has 0 unspecified atom stereocenters. The number of terminal acetylenes is 1. The van der Waals surface area contributed by atoms with Crippen molar-refractivity contribution in [2.75, 3.05) is 12.4 Å². The maximum absolute atomic E-state index is 5.12. The summed E-state index contributed by atoms with van der Waals surface area (Å²) in [6.45, 7) is 2.84. The number of thioether (sulfide) groups is 1. The lowest BCUT2D eigenvalue weighted by molar-refractivity contribution is 0.505. The molecule has 0 saturated carbocycles. The van der Waals surface area contributed by atoms with Crippen molar-refractivity contribution < 1.29 is 0 Å². The normalized spacial score (nSPS) is 17.3. The zero-order valence-electron chi connectivity index (χ0n) is 5.42. The Kier molecular flexibility index (Phi) is 2.07. The number of hydrogen-bond donors (Lipinski definition) is 0. The third-order valence-electron chi connectivity index (χ3n) is 1.12. The molecule has 0 bridgehead atoms. The number of rotatable bonds is 1. The second-order valence-electron chi connectivity index (χ2n) is 1.96. The molecule has 1 rings (SSSR count). The SMILES string of the molecule is C#CCN1C=C(C)SC1. The van der Waals surface area contributed by atoms with Crippen LogP contribution in [0.2, 0.25) is 0 Å². The first-order valence-corrected chi connectivity index (χ1v) is 3.80. The highest BCUT2D eigenvalue weighted by Crippen LogP contribution is 2.23. The summed E-state index contributed by atoms with van der Waals surface area (Å²) in [6, 6.07) is 0. The fraction of sp³-hybridized carbons (Fsp3) is 0.429. The van der Waals surface area contributed by atoms with Gasteiger partial charge >= 0.3 is 0 Å². The Labute approximate surface area is 60.1 Å². The van der Waals surface area contributed by atoms with Crippen molar-refractivity contribution >= 4 is 11.8 Å². The van der Waals surface area contributed by atoms with Gasteiger partial charge in [0.25, 0.3) is 0 Å². The van der Waals surface area contributed by atoms with Crippen LogP contribution in [0, 0.1) is 12.3 Å². The molecule has 0 atom stereocenters. The van der Waals surface area contributed by atoms with E-state index in [1.807, 2.05) is 11.8 Å². The Hall–Kier alpha value is -0.550. The average molecular weight is 139 g/mol. The van der Waals surface area contributed by atoms with Gasteiger partial charge in [-0.25, -0.2) is 0 Å². The second-order valence-corrected chi connectivity index (χ2v) is 3.16. The number of nitrogens with zero attached hydrogens (tertiary/aromatic N) is 1. The van der Waals surface area contributed by atoms with Crippen LogP contribution in [-0.2, 0) is 0 Å². The maximum atomic E-state index is 5.12. The van der Waals surface area contributed by atoms with Crippen LogP contribution < -0.4 is 0 Å². The van der Waals surface area contributed by atoms with Gasteiger partial charge in [-0.05, 0) is 11.8 Å². The molecular formula is C7H9NS. The monoisotopic (exact) mass is 139 g/mol. The largest absolute Gasteiger partial charge is 0.356 e. The topological polar surface area (TPSA) is 3.24 Å². The van der Waals surface area contributed by atoms with Crippen LogP contribution >= 0.6 is 11.8 Å². The van der Waals surface area contributed by atoms with Crippen LogP contribution in [0.1, 0.15) is 6.92 Å². The number of hydrogen-bond acceptors (Lipinski definition) is 2. The summed E-state index contributed by atoms with van der Waals surface area (Å²) in [7, 11) is 0. The first kappa shape index (κ1) is 6.57. The summed E-state index contributed by atoms with van der Waals surface area (Å²) in [4.78, 5) is 3.48. The van der Waals surface area contributed by atoms with Gasteiger partial charge in [-0.2, -0.15) is 0 Å². The first-order chi connectivity index (χ1) is 4.33. The van der Waals surface area contributed by atoms with E-state index in [4.69, 9.17) is 6.42 Å². The Bertz CT molecular complexity index is 166. The molecule has 0 fully saturated rings. The highest BCUT2D eigenvalue weighted by atomic mass is 32.2. The third-order valence-corrected chi connectivity index (χ3v) is 2.14. The molecular weight excluding hydrogens is 130 g/mol. The average Bonchev–Trinajstić information content (AvgIpc) is 2.17. The molecule has 0 aromatic heterocycles. The van der Waals surface area contributed by atoms with Gasteiger partial charge in [0.1, 0.15) is 0 Å². The lowest BCUT2D eigenvalue weighted by Gasteiger charge is -2.07. The summed E-state index contributed by atoms with van der Waals surface area (Å²) >= 11 is 1.84. The standard InChI is InChI=1S/C7H9NS/c1-3-4-8-5-7(2)9-6-8/h1,5H,4,6H2,2H3. The molecule has 0 amide bonds. The van der Waals surface area contributed by atoms with E-state index in [1.54, 1.807) is 0 Å². The maximum Gasteiger partial charge on any atom is 0.0795 e. The van der Waals surface area contributed by atoms with E-state index in [2.05, 4.69) is 23.9 Å². The van der Waals surface area contributed by atoms with Crippen LogP contribution in [0.5, 0.6) is 0 Å². The molecule has 0 N–H and O–H groups in total. The van der Waals surface area contributed by atoms with E-state index in [1.165, 1.54) is 4.91 Å². The van der Waals surface area contributed by atoms with Gasteiger partial charge < -0.3 is 4.90 Å². The fourth-order valence-electron chi connectivity index (χ4n) is 0.725. The Morgan fingerprint density at radius 2 is 2.78 bits per heavy atom. The molecule has 1 heterocycles. The van der Waals surface area contributed by atoms with E-state index in [0.29, 0.717) is 0 Å². The first-order valence-electron chi connectivity index (χ1n) is 2.81. The van der Waals surface area contributed by atoms with Gasteiger partial charge in [0, 0.05) is 6.20 Å². The van der Waals surface area contributed by atoms with E-state index in [9.17, 15) is 0 Å². The van der Waals surface area contributed by atoms with Crippen molar-refractivity contribution in [3.8, 4) is 12.3 Å². The van der Waals surface area contributed by atoms with Gasteiger partial charge in [0.15, 0.2) is 0 Å². The third kappa shape index (κ3) is 1.69. The minimum absolute atomic E-state index is 0.740. The molecule has 0 aliphatic carbocycles. The molecule has 48 valence electrons. The molecule has 0 aromatic carbocycles. The van der Waals surface area contributed by atoms with Gasteiger partial charge in [-0.1, -0.05) is 5.92 Å². The van der Waals surface area contributed by atoms with Gasteiger partial charge in [-0.3, -0.25) is 0 Å². The zero-order chi connectivity index (χ0) is 6.69. The molecule has 2 heteroatoms. The van der Waals surface area contributed by atoms with Crippen molar-refractivity contribution in [1.82, 2.24) is 4.90 Å². The molecule has 9 heavy (non-hydrogen) atoms. The minimum atomic E-state index is 0.740. The summed E-state index contributed by atoms with van der Waals surface area (Å²) in [5.41, 5.74) is 0. The van der Waals surface area contributed by atoms with Crippen LogP contribution in [-0.4, -0.2) is 17.3 Å². The predicted octanol–water partition coefficient (Wildman–Crippen LogP) is 1.49. The summed E-state index contributed by atoms with van der Waals surface area (Å²) in [5.74, 6) is 3.62. The minimum Gasteiger partial charge on any atom is -0.356 e. The van der Waals surface area contributed by atoms with Gasteiger partial charge in [0.05, 0.1) is 12.4 Å². The van der Waals surface area contributed by atoms with E-state index < -0.39 is 0 Å². The lowest BCUT2D eigenvalue weighted by atomic mass is 10.6. The van der Waals surface area contributed by atoms with Crippen LogP contribution in [0.4, 0.5) is 0 Å². The van der Waals surface area contributed by atoms with E-state index in [0.717, 1.165) is 12.4 Å². The number of allylic oxidation sites excluding steroid dienone is 1. The molecule has 1 aliphatic heterocycles. The van der Waals surface area contributed by atoms with Crippen molar-refractivity contribution in [3.05, 3.63) is 11.1 Å². The quantitative estimate of drug-likeness (QED) is 0.506. The summed E-state index contributed by atoms with van der Waals surface area (Å²) < 4.78 is 0. The van der Waals surface area contributed by atoms with E-state index in [-0.39, 0.29) is 0 Å². The van der Waals surface area contributed by atoms with E-state index >= 15 is 0 Å². The molecule has 0 aromatic rings. The van der Waals surface area contributed by atoms with Crippen LogP contribution in [0.25, 0.3) is 0 Å². The summed E-state index contributed by atoms with van der Waals surface area (Å²) in [5, 5.41) is 0. The van der Waals surface area contributed by atoms with Crippen LogP contribution in [0.15, 0.2) is 11.1 Å². The predicted molar refractivity (Wildman–Crippen MR) is 41.8 cm³/mol. The molecule has 0 radical (unpaired) electrons. The molecule has 1 aliphatic rings. The molecule has 0 spiro atoms. The second kappa shape index (κ2) is 2.84. The van der Waals surface area contributed by atoms with Crippen molar-refractivity contribution in [2.24, 2.45) is 0 Å². The Morgan fingerprint density at radius 3 is 3.22 bits per heavy atom. The lowest BCUT2D eigenvalue weighted by Crippen LogP contribution is -2.12. The van der Waals surface area contributed by atoms with Crippen molar-refractivity contribution in [3.63, 3.8) is 0 Å². The molecule has 0 saturated heterocycles. The van der Waals surface area contributed by atoms with Gasteiger partial charge in [0.2, 0.25) is 0 Å². The highest BCUT2D eigenvalue weighted by molar-refractivity contribution is 8.03. The van der Waals surface area contributed by atoms with Crippen molar-refractivity contribution in [1.29, 1.82) is 0 Å². The van der Waals surface area contributed by atoms with Crippen LogP contribution in [0.3, 0.4) is 0 Å². The van der Waals surface area contributed by atoms with Crippen molar-refractivity contribution in [2.45, 2.75) is 6.92 Å². The highest BCUT2D eigenvalue weighted by Gasteiger charge is 2.06. The molecule has 1 nitrogen and oxygen atoms in total. The zero-order valence-corrected chi connectivity index (χ0v) is 6.24. The Balaban J connectivity index is 2.40. The smallest absolute Gasteiger partial charge is 0.0795 e.